The summed E-state index contributed by atoms with van der Waals surface area (Å²) < 4.78 is 29.3. The van der Waals surface area contributed by atoms with Crippen molar-refractivity contribution in [2.75, 3.05) is 6.54 Å². The lowest BCUT2D eigenvalue weighted by Gasteiger charge is -2.36. The van der Waals surface area contributed by atoms with E-state index < -0.39 is 16.1 Å². The van der Waals surface area contributed by atoms with E-state index in [1.807, 2.05) is 24.3 Å². The Morgan fingerprint density at radius 2 is 1.73 bits per heavy atom. The Morgan fingerprint density at radius 3 is 2.47 bits per heavy atom. The van der Waals surface area contributed by atoms with Gasteiger partial charge < -0.3 is 5.32 Å². The number of carbonyl (C=O) groups is 1. The molecule has 0 bridgehead atoms. The third-order valence-corrected chi connectivity index (χ3v) is 8.58. The minimum absolute atomic E-state index is 0.0698. The van der Waals surface area contributed by atoms with E-state index in [0.717, 1.165) is 41.3 Å². The number of amides is 1. The van der Waals surface area contributed by atoms with E-state index in [2.05, 4.69) is 21.2 Å². The average Bonchev–Trinajstić information content (AvgIpc) is 2.75. The van der Waals surface area contributed by atoms with Crippen LogP contribution in [0.5, 0.6) is 0 Å². The maximum atomic E-state index is 13.5. The van der Waals surface area contributed by atoms with Crippen LogP contribution in [0.1, 0.15) is 55.7 Å². The molecule has 0 radical (unpaired) electrons. The summed E-state index contributed by atoms with van der Waals surface area (Å²) in [6.45, 7) is 0.372. The van der Waals surface area contributed by atoms with Gasteiger partial charge in [-0.3, -0.25) is 4.79 Å². The molecule has 2 aliphatic rings. The first-order valence-electron chi connectivity index (χ1n) is 10.6. The van der Waals surface area contributed by atoms with Crippen LogP contribution in [0.4, 0.5) is 0 Å². The number of nitrogens with zero attached hydrogens (tertiary/aromatic N) is 1. The van der Waals surface area contributed by atoms with Crippen LogP contribution in [0.3, 0.4) is 0 Å². The van der Waals surface area contributed by atoms with Gasteiger partial charge in [-0.1, -0.05) is 59.5 Å². The summed E-state index contributed by atoms with van der Waals surface area (Å²) in [5.74, 6) is -0.0698. The molecular formula is C23H27BrN2O3S. The van der Waals surface area contributed by atoms with Gasteiger partial charge in [0.1, 0.15) is 0 Å². The Balaban J connectivity index is 1.62. The van der Waals surface area contributed by atoms with E-state index in [-0.39, 0.29) is 23.3 Å². The molecule has 1 atom stereocenters. The zero-order valence-corrected chi connectivity index (χ0v) is 19.3. The predicted octanol–water partition coefficient (Wildman–Crippen LogP) is 4.58. The molecule has 4 rings (SSSR count). The molecule has 0 aromatic heterocycles. The van der Waals surface area contributed by atoms with E-state index in [1.54, 1.807) is 24.3 Å². The maximum absolute atomic E-state index is 13.5. The van der Waals surface area contributed by atoms with Crippen LogP contribution in [-0.2, 0) is 21.2 Å². The summed E-state index contributed by atoms with van der Waals surface area (Å²) in [4.78, 5) is 13.2. The van der Waals surface area contributed by atoms with Gasteiger partial charge in [-0.05, 0) is 54.7 Å². The van der Waals surface area contributed by atoms with E-state index in [0.29, 0.717) is 13.0 Å². The number of hydrogen-bond acceptors (Lipinski definition) is 3. The third kappa shape index (κ3) is 4.63. The fourth-order valence-corrected chi connectivity index (χ4v) is 6.45. The van der Waals surface area contributed by atoms with Gasteiger partial charge >= 0.3 is 0 Å². The molecule has 1 amide bonds. The number of halogens is 1. The SMILES string of the molecule is O=C(C[C@@H]1c2ccccc2CCN1S(=O)(=O)c1ccc(Br)cc1)NC1CCCCC1. The van der Waals surface area contributed by atoms with Gasteiger partial charge in [0.25, 0.3) is 0 Å². The first-order valence-corrected chi connectivity index (χ1v) is 12.8. The fraction of sp³-hybridized carbons (Fsp3) is 0.435. The van der Waals surface area contributed by atoms with Crippen LogP contribution in [-0.4, -0.2) is 31.2 Å². The first-order chi connectivity index (χ1) is 14.4. The first kappa shape index (κ1) is 21.5. The van der Waals surface area contributed by atoms with Crippen LogP contribution in [0.15, 0.2) is 57.9 Å². The van der Waals surface area contributed by atoms with Gasteiger partial charge in [-0.25, -0.2) is 8.42 Å². The van der Waals surface area contributed by atoms with Crippen LogP contribution < -0.4 is 5.32 Å². The van der Waals surface area contributed by atoms with E-state index in [4.69, 9.17) is 0 Å². The van der Waals surface area contributed by atoms with Crippen LogP contribution in [0, 0.1) is 0 Å². The number of rotatable bonds is 5. The van der Waals surface area contributed by atoms with E-state index in [1.165, 1.54) is 10.7 Å². The molecule has 30 heavy (non-hydrogen) atoms. The Morgan fingerprint density at radius 1 is 1.03 bits per heavy atom. The Labute approximate surface area is 187 Å². The van der Waals surface area contributed by atoms with Crippen LogP contribution >= 0.6 is 15.9 Å². The molecule has 1 aliphatic heterocycles. The lowest BCUT2D eigenvalue weighted by Crippen LogP contribution is -2.43. The largest absolute Gasteiger partial charge is 0.353 e. The van der Waals surface area contributed by atoms with Gasteiger partial charge in [-0.15, -0.1) is 0 Å². The summed E-state index contributed by atoms with van der Waals surface area (Å²) in [5, 5.41) is 3.15. The Kier molecular flexibility index (Phi) is 6.60. The topological polar surface area (TPSA) is 66.5 Å². The second-order valence-corrected chi connectivity index (χ2v) is 10.9. The molecule has 5 nitrogen and oxygen atoms in total. The van der Waals surface area contributed by atoms with Gasteiger partial charge in [0.15, 0.2) is 0 Å². The quantitative estimate of drug-likeness (QED) is 0.666. The number of hydrogen-bond donors (Lipinski definition) is 1. The summed E-state index contributed by atoms with van der Waals surface area (Å²) in [5.41, 5.74) is 2.05. The number of sulfonamides is 1. The predicted molar refractivity (Wildman–Crippen MR) is 121 cm³/mol. The molecule has 0 saturated heterocycles. The second-order valence-electron chi connectivity index (χ2n) is 8.14. The van der Waals surface area contributed by atoms with Crippen molar-refractivity contribution in [2.24, 2.45) is 0 Å². The van der Waals surface area contributed by atoms with Crippen molar-refractivity contribution in [1.29, 1.82) is 0 Å². The van der Waals surface area contributed by atoms with Crippen molar-refractivity contribution in [3.8, 4) is 0 Å². The highest BCUT2D eigenvalue weighted by Crippen LogP contribution is 2.36. The zero-order chi connectivity index (χ0) is 21.1. The molecule has 2 aromatic carbocycles. The molecule has 2 aromatic rings. The monoisotopic (exact) mass is 490 g/mol. The highest BCUT2D eigenvalue weighted by molar-refractivity contribution is 9.10. The van der Waals surface area contributed by atoms with E-state index in [9.17, 15) is 13.2 Å². The highest BCUT2D eigenvalue weighted by Gasteiger charge is 2.37. The average molecular weight is 491 g/mol. The molecule has 7 heteroatoms. The summed E-state index contributed by atoms with van der Waals surface area (Å²) in [6.07, 6.45) is 6.31. The lowest BCUT2D eigenvalue weighted by atomic mass is 9.91. The number of nitrogens with one attached hydrogen (secondary N) is 1. The minimum Gasteiger partial charge on any atom is -0.353 e. The third-order valence-electron chi connectivity index (χ3n) is 6.13. The lowest BCUT2D eigenvalue weighted by molar-refractivity contribution is -0.123. The second kappa shape index (κ2) is 9.20. The number of fused-ring (bicyclic) bond motifs is 1. The molecule has 1 aliphatic carbocycles. The van der Waals surface area contributed by atoms with Gasteiger partial charge in [0, 0.05) is 23.5 Å². The Hall–Kier alpha value is -1.70. The van der Waals surface area contributed by atoms with Gasteiger partial charge in [0.05, 0.1) is 10.9 Å². The van der Waals surface area contributed by atoms with Gasteiger partial charge in [0.2, 0.25) is 15.9 Å². The van der Waals surface area contributed by atoms with Crippen molar-refractivity contribution in [3.05, 3.63) is 64.1 Å². The molecule has 1 fully saturated rings. The van der Waals surface area contributed by atoms with Crippen LogP contribution in [0.25, 0.3) is 0 Å². The minimum atomic E-state index is -3.72. The molecule has 160 valence electrons. The van der Waals surface area contributed by atoms with Gasteiger partial charge in [-0.2, -0.15) is 4.31 Å². The smallest absolute Gasteiger partial charge is 0.243 e. The highest BCUT2D eigenvalue weighted by atomic mass is 79.9. The summed E-state index contributed by atoms with van der Waals surface area (Å²) in [7, 11) is -3.72. The van der Waals surface area contributed by atoms with Crippen molar-refractivity contribution >= 4 is 31.9 Å². The standard InChI is InChI=1S/C23H27BrN2O3S/c24-18-10-12-20(13-11-18)30(28,29)26-15-14-17-6-4-5-9-21(17)22(26)16-23(27)25-19-7-2-1-3-8-19/h4-6,9-13,19,22H,1-3,7-8,14-16H2,(H,25,27)/t22-/m1/s1. The maximum Gasteiger partial charge on any atom is 0.243 e. The number of benzene rings is 2. The zero-order valence-electron chi connectivity index (χ0n) is 16.9. The normalized spacial score (nSPS) is 20.5. The van der Waals surface area contributed by atoms with Crippen molar-refractivity contribution in [2.45, 2.75) is 61.9 Å². The molecular weight excluding hydrogens is 464 g/mol. The molecule has 1 N–H and O–H groups in total. The van der Waals surface area contributed by atoms with E-state index >= 15 is 0 Å². The summed E-state index contributed by atoms with van der Waals surface area (Å²) >= 11 is 3.36. The molecule has 0 unspecified atom stereocenters. The number of carbonyl (C=O) groups excluding carboxylic acids is 1. The molecule has 1 heterocycles. The summed E-state index contributed by atoms with van der Waals surface area (Å²) in [6, 6.07) is 14.3. The molecule has 1 saturated carbocycles. The van der Waals surface area contributed by atoms with Crippen LogP contribution in [0.2, 0.25) is 0 Å². The van der Waals surface area contributed by atoms with Crippen molar-refractivity contribution < 1.29 is 13.2 Å². The van der Waals surface area contributed by atoms with Crippen molar-refractivity contribution in [1.82, 2.24) is 9.62 Å². The molecule has 0 spiro atoms. The fourth-order valence-electron chi connectivity index (χ4n) is 4.58. The Bertz CT molecular complexity index is 1000. The van der Waals surface area contributed by atoms with Crippen molar-refractivity contribution in [3.63, 3.8) is 0 Å².